The van der Waals surface area contributed by atoms with Crippen LogP contribution in [0.5, 0.6) is 0 Å². The van der Waals surface area contributed by atoms with E-state index in [1.54, 1.807) is 31.2 Å². The molecule has 0 unspecified atom stereocenters. The normalized spacial score (nSPS) is 14.0. The van der Waals surface area contributed by atoms with Gasteiger partial charge in [-0.1, -0.05) is 12.1 Å². The second-order valence-corrected chi connectivity index (χ2v) is 7.16. The van der Waals surface area contributed by atoms with Gasteiger partial charge >= 0.3 is 5.97 Å². The fourth-order valence-electron chi connectivity index (χ4n) is 2.56. The summed E-state index contributed by atoms with van der Waals surface area (Å²) in [6.07, 6.45) is 0. The van der Waals surface area contributed by atoms with E-state index in [-0.39, 0.29) is 29.6 Å². The minimum atomic E-state index is -4.10. The standard InChI is InChI=1S/C16H16N2O6S/c1-3-23-16(20)13-8-14(10(2)24-13)25(21,22)18-9-15(19)17-11-6-4-5-7-12(11)18/h4-8H,3,9H2,1-2H3,(H,17,19). The van der Waals surface area contributed by atoms with Crippen LogP contribution in [0.2, 0.25) is 0 Å². The smallest absolute Gasteiger partial charge is 0.374 e. The maximum atomic E-state index is 13.0. The monoisotopic (exact) mass is 364 g/mol. The van der Waals surface area contributed by atoms with E-state index in [4.69, 9.17) is 9.15 Å². The highest BCUT2D eigenvalue weighted by molar-refractivity contribution is 7.93. The maximum Gasteiger partial charge on any atom is 0.374 e. The predicted octanol–water partition coefficient (Wildman–Crippen LogP) is 1.91. The van der Waals surface area contributed by atoms with Crippen molar-refractivity contribution in [3.63, 3.8) is 0 Å². The largest absolute Gasteiger partial charge is 0.460 e. The van der Waals surface area contributed by atoms with E-state index in [1.165, 1.54) is 6.92 Å². The SMILES string of the molecule is CCOC(=O)c1cc(S(=O)(=O)N2CC(=O)Nc3ccccc32)c(C)o1. The molecule has 0 saturated carbocycles. The number of anilines is 2. The molecular weight excluding hydrogens is 348 g/mol. The Balaban J connectivity index is 2.06. The molecule has 1 aromatic heterocycles. The molecule has 1 aliphatic rings. The molecule has 0 atom stereocenters. The average Bonchev–Trinajstić information content (AvgIpc) is 2.97. The number of ether oxygens (including phenoxy) is 1. The zero-order valence-electron chi connectivity index (χ0n) is 13.6. The second kappa shape index (κ2) is 6.25. The van der Waals surface area contributed by atoms with Gasteiger partial charge in [-0.2, -0.15) is 0 Å². The zero-order valence-corrected chi connectivity index (χ0v) is 14.4. The van der Waals surface area contributed by atoms with Crippen molar-refractivity contribution in [2.45, 2.75) is 18.7 Å². The van der Waals surface area contributed by atoms with Gasteiger partial charge in [-0.15, -0.1) is 0 Å². The summed E-state index contributed by atoms with van der Waals surface area (Å²) in [4.78, 5) is 23.5. The molecule has 8 nitrogen and oxygen atoms in total. The molecule has 0 spiro atoms. The zero-order chi connectivity index (χ0) is 18.2. The molecule has 9 heteroatoms. The van der Waals surface area contributed by atoms with E-state index in [9.17, 15) is 18.0 Å². The van der Waals surface area contributed by atoms with Crippen LogP contribution in [-0.4, -0.2) is 33.4 Å². The fourth-order valence-corrected chi connectivity index (χ4v) is 4.16. The van der Waals surface area contributed by atoms with Crippen molar-refractivity contribution in [1.29, 1.82) is 0 Å². The molecule has 2 aromatic rings. The molecule has 1 aromatic carbocycles. The number of para-hydroxylation sites is 2. The molecule has 0 saturated heterocycles. The Morgan fingerprint density at radius 3 is 2.80 bits per heavy atom. The summed E-state index contributed by atoms with van der Waals surface area (Å²) in [5, 5.41) is 2.63. The quantitative estimate of drug-likeness (QED) is 0.831. The molecule has 25 heavy (non-hydrogen) atoms. The third kappa shape index (κ3) is 2.98. The first-order chi connectivity index (χ1) is 11.8. The van der Waals surface area contributed by atoms with Crippen LogP contribution in [0.4, 0.5) is 11.4 Å². The van der Waals surface area contributed by atoms with Gasteiger partial charge in [0.25, 0.3) is 10.0 Å². The summed E-state index contributed by atoms with van der Waals surface area (Å²) in [6.45, 7) is 2.85. The van der Waals surface area contributed by atoms with Crippen molar-refractivity contribution in [2.24, 2.45) is 0 Å². The highest BCUT2D eigenvalue weighted by atomic mass is 32.2. The Morgan fingerprint density at radius 1 is 1.36 bits per heavy atom. The number of carbonyl (C=O) groups excluding carboxylic acids is 2. The first-order valence-corrected chi connectivity index (χ1v) is 8.97. The van der Waals surface area contributed by atoms with Gasteiger partial charge in [0.05, 0.1) is 18.0 Å². The Kier molecular flexibility index (Phi) is 4.25. The van der Waals surface area contributed by atoms with Gasteiger partial charge in [0.1, 0.15) is 17.2 Å². The van der Waals surface area contributed by atoms with Gasteiger partial charge in [0.15, 0.2) is 0 Å². The van der Waals surface area contributed by atoms with Crippen LogP contribution in [0.25, 0.3) is 0 Å². The summed E-state index contributed by atoms with van der Waals surface area (Å²) in [5.74, 6) is -1.35. The first kappa shape index (κ1) is 17.0. The van der Waals surface area contributed by atoms with E-state index in [2.05, 4.69) is 5.32 Å². The number of carbonyl (C=O) groups is 2. The number of rotatable bonds is 4. The van der Waals surface area contributed by atoms with Crippen LogP contribution in [0.1, 0.15) is 23.2 Å². The number of amides is 1. The average molecular weight is 364 g/mol. The summed E-state index contributed by atoms with van der Waals surface area (Å²) in [7, 11) is -4.10. The summed E-state index contributed by atoms with van der Waals surface area (Å²) >= 11 is 0. The molecule has 0 aliphatic carbocycles. The summed E-state index contributed by atoms with van der Waals surface area (Å²) < 4.78 is 37.1. The molecule has 132 valence electrons. The van der Waals surface area contributed by atoms with E-state index in [0.29, 0.717) is 11.4 Å². The molecular formula is C16H16N2O6S. The number of benzene rings is 1. The van der Waals surface area contributed by atoms with Crippen molar-refractivity contribution in [2.75, 3.05) is 22.8 Å². The number of furan rings is 1. The van der Waals surface area contributed by atoms with Crippen molar-refractivity contribution in [3.8, 4) is 0 Å². The highest BCUT2D eigenvalue weighted by Crippen LogP contribution is 2.34. The molecule has 1 amide bonds. The molecule has 0 radical (unpaired) electrons. The number of hydrogen-bond donors (Lipinski definition) is 1. The molecule has 1 aliphatic heterocycles. The highest BCUT2D eigenvalue weighted by Gasteiger charge is 2.35. The number of hydrogen-bond acceptors (Lipinski definition) is 6. The Hall–Kier alpha value is -2.81. The van der Waals surface area contributed by atoms with Crippen LogP contribution >= 0.6 is 0 Å². The van der Waals surface area contributed by atoms with E-state index in [1.807, 2.05) is 0 Å². The number of esters is 1. The second-order valence-electron chi connectivity index (χ2n) is 5.33. The lowest BCUT2D eigenvalue weighted by Crippen LogP contribution is -2.42. The Morgan fingerprint density at radius 2 is 2.08 bits per heavy atom. The Labute approximate surface area is 144 Å². The van der Waals surface area contributed by atoms with Crippen molar-refractivity contribution < 1.29 is 27.2 Å². The third-order valence-electron chi connectivity index (χ3n) is 3.65. The molecule has 3 rings (SSSR count). The minimum Gasteiger partial charge on any atom is -0.460 e. The van der Waals surface area contributed by atoms with Gasteiger partial charge in [0.2, 0.25) is 11.7 Å². The number of sulfonamides is 1. The maximum absolute atomic E-state index is 13.0. The Bertz CT molecular complexity index is 947. The van der Waals surface area contributed by atoms with E-state index < -0.39 is 21.9 Å². The van der Waals surface area contributed by atoms with Gasteiger partial charge in [-0.3, -0.25) is 9.10 Å². The number of nitrogens with one attached hydrogen (secondary N) is 1. The van der Waals surface area contributed by atoms with E-state index >= 15 is 0 Å². The molecule has 0 bridgehead atoms. The van der Waals surface area contributed by atoms with Gasteiger partial charge in [-0.05, 0) is 26.0 Å². The van der Waals surface area contributed by atoms with E-state index in [0.717, 1.165) is 10.4 Å². The molecule has 2 heterocycles. The lowest BCUT2D eigenvalue weighted by molar-refractivity contribution is -0.115. The number of aryl methyl sites for hydroxylation is 1. The minimum absolute atomic E-state index is 0.0477. The van der Waals surface area contributed by atoms with Crippen LogP contribution in [0.3, 0.4) is 0 Å². The predicted molar refractivity (Wildman–Crippen MR) is 89.0 cm³/mol. The van der Waals surface area contributed by atoms with Crippen LogP contribution in [-0.2, 0) is 19.6 Å². The van der Waals surface area contributed by atoms with Crippen molar-refractivity contribution in [3.05, 3.63) is 41.9 Å². The molecule has 0 fully saturated rings. The van der Waals surface area contributed by atoms with Crippen LogP contribution in [0.15, 0.2) is 39.6 Å². The fraction of sp³-hybridized carbons (Fsp3) is 0.250. The first-order valence-electron chi connectivity index (χ1n) is 7.53. The summed E-state index contributed by atoms with van der Waals surface area (Å²) in [5.41, 5.74) is 0.745. The number of nitrogens with zero attached hydrogens (tertiary/aromatic N) is 1. The number of fused-ring (bicyclic) bond motifs is 1. The van der Waals surface area contributed by atoms with Crippen LogP contribution < -0.4 is 9.62 Å². The topological polar surface area (TPSA) is 106 Å². The third-order valence-corrected chi connectivity index (χ3v) is 5.52. The van der Waals surface area contributed by atoms with Crippen molar-refractivity contribution >= 4 is 33.3 Å². The van der Waals surface area contributed by atoms with Gasteiger partial charge in [-0.25, -0.2) is 13.2 Å². The van der Waals surface area contributed by atoms with Gasteiger partial charge < -0.3 is 14.5 Å². The molecule has 1 N–H and O–H groups in total. The lowest BCUT2D eigenvalue weighted by atomic mass is 10.2. The van der Waals surface area contributed by atoms with Gasteiger partial charge in [0, 0.05) is 6.07 Å². The summed E-state index contributed by atoms with van der Waals surface area (Å²) in [6, 6.07) is 7.69. The lowest BCUT2D eigenvalue weighted by Gasteiger charge is -2.29. The van der Waals surface area contributed by atoms with Crippen LogP contribution in [0, 0.1) is 6.92 Å². The van der Waals surface area contributed by atoms with Crippen molar-refractivity contribution in [1.82, 2.24) is 0 Å².